The molecule has 2 N–H and O–H groups in total. The van der Waals surface area contributed by atoms with Crippen LogP contribution >= 0.6 is 0 Å². The van der Waals surface area contributed by atoms with Crippen molar-refractivity contribution in [3.63, 3.8) is 0 Å². The summed E-state index contributed by atoms with van der Waals surface area (Å²) in [6, 6.07) is 4.29. The lowest BCUT2D eigenvalue weighted by Crippen LogP contribution is -2.45. The van der Waals surface area contributed by atoms with Gasteiger partial charge in [0.1, 0.15) is 18.2 Å². The van der Waals surface area contributed by atoms with E-state index in [9.17, 15) is 18.4 Å². The van der Waals surface area contributed by atoms with E-state index in [1.165, 1.54) is 35.4 Å². The van der Waals surface area contributed by atoms with Crippen LogP contribution in [0.1, 0.15) is 29.8 Å². The molecule has 1 aliphatic heterocycles. The molecule has 136 valence electrons. The molecule has 1 aliphatic rings. The second-order valence-electron chi connectivity index (χ2n) is 6.26. The first-order valence-electron chi connectivity index (χ1n) is 8.09. The molecular weight excluding hydrogens is 342 g/mol. The number of pyridine rings is 1. The van der Waals surface area contributed by atoms with Crippen LogP contribution in [-0.4, -0.2) is 28.4 Å². The molecule has 0 fully saturated rings. The molecule has 0 bridgehead atoms. The molecular formula is C18H18F2N4O2. The van der Waals surface area contributed by atoms with E-state index < -0.39 is 29.6 Å². The summed E-state index contributed by atoms with van der Waals surface area (Å²) in [5.74, 6) is -1.38. The van der Waals surface area contributed by atoms with Crippen LogP contribution in [0.15, 0.2) is 30.5 Å². The van der Waals surface area contributed by atoms with Gasteiger partial charge in [-0.1, -0.05) is 0 Å². The number of amides is 3. The number of carbonyl (C=O) groups is 2. The fourth-order valence-corrected chi connectivity index (χ4v) is 2.81. The second-order valence-corrected chi connectivity index (χ2v) is 6.26. The van der Waals surface area contributed by atoms with Gasteiger partial charge in [-0.2, -0.15) is 0 Å². The van der Waals surface area contributed by atoms with Crippen molar-refractivity contribution < 1.29 is 18.4 Å². The number of anilines is 1. The Morgan fingerprint density at radius 2 is 2.15 bits per heavy atom. The normalized spacial score (nSPS) is 14.5. The first kappa shape index (κ1) is 17.8. The fourth-order valence-electron chi connectivity index (χ4n) is 2.81. The van der Waals surface area contributed by atoms with Crippen molar-refractivity contribution in [1.82, 2.24) is 15.2 Å². The smallest absolute Gasteiger partial charge is 0.322 e. The van der Waals surface area contributed by atoms with Crippen LogP contribution in [0.3, 0.4) is 0 Å². The summed E-state index contributed by atoms with van der Waals surface area (Å²) >= 11 is 0. The number of carbonyl (C=O) groups excluding carboxylic acids is 2. The maximum Gasteiger partial charge on any atom is 0.322 e. The highest BCUT2D eigenvalue weighted by atomic mass is 19.1. The zero-order valence-electron chi connectivity index (χ0n) is 14.3. The Bertz CT molecular complexity index is 872. The number of nitrogens with one attached hydrogen (secondary N) is 2. The van der Waals surface area contributed by atoms with Crippen molar-refractivity contribution in [2.24, 2.45) is 0 Å². The van der Waals surface area contributed by atoms with E-state index in [2.05, 4.69) is 15.6 Å². The molecule has 26 heavy (non-hydrogen) atoms. The largest absolute Gasteiger partial charge is 0.346 e. The summed E-state index contributed by atoms with van der Waals surface area (Å²) in [6.07, 6.45) is 1.52. The standard InChI is InChI=1S/C18H18F2N4O2/c1-10-5-14(20)17(21-7-10)11(2)22-16(25)9-24-8-12-6-13(19)3-4-15(12)23-18(24)26/h3-7,11H,8-9H2,1-2H3,(H,22,25)(H,23,26)/t11-/m1/s1. The van der Waals surface area contributed by atoms with E-state index >= 15 is 0 Å². The number of fused-ring (bicyclic) bond motifs is 1. The molecule has 0 saturated heterocycles. The third kappa shape index (κ3) is 3.79. The lowest BCUT2D eigenvalue weighted by Gasteiger charge is -2.29. The highest BCUT2D eigenvalue weighted by Gasteiger charge is 2.25. The van der Waals surface area contributed by atoms with Crippen molar-refractivity contribution in [2.75, 3.05) is 11.9 Å². The van der Waals surface area contributed by atoms with Gasteiger partial charge in [0.2, 0.25) is 5.91 Å². The number of aromatic nitrogens is 1. The Kier molecular flexibility index (Phi) is 4.83. The van der Waals surface area contributed by atoms with Gasteiger partial charge in [-0.15, -0.1) is 0 Å². The topological polar surface area (TPSA) is 74.3 Å². The number of hydrogen-bond donors (Lipinski definition) is 2. The van der Waals surface area contributed by atoms with Gasteiger partial charge in [0.25, 0.3) is 0 Å². The predicted molar refractivity (Wildman–Crippen MR) is 91.3 cm³/mol. The van der Waals surface area contributed by atoms with Crippen LogP contribution in [0.2, 0.25) is 0 Å². The first-order chi connectivity index (χ1) is 12.3. The number of halogens is 2. The molecule has 8 heteroatoms. The number of hydrogen-bond acceptors (Lipinski definition) is 3. The highest BCUT2D eigenvalue weighted by Crippen LogP contribution is 2.24. The minimum Gasteiger partial charge on any atom is -0.346 e. The number of benzene rings is 1. The summed E-state index contributed by atoms with van der Waals surface area (Å²) in [5.41, 5.74) is 1.91. The number of rotatable bonds is 4. The van der Waals surface area contributed by atoms with Crippen LogP contribution in [0.25, 0.3) is 0 Å². The van der Waals surface area contributed by atoms with Crippen LogP contribution < -0.4 is 10.6 Å². The van der Waals surface area contributed by atoms with Gasteiger partial charge in [0, 0.05) is 11.9 Å². The molecule has 3 amide bonds. The molecule has 6 nitrogen and oxygen atoms in total. The molecule has 1 aromatic carbocycles. The quantitative estimate of drug-likeness (QED) is 0.880. The van der Waals surface area contributed by atoms with Crippen LogP contribution in [0.4, 0.5) is 19.3 Å². The molecule has 1 atom stereocenters. The molecule has 1 aromatic heterocycles. The van der Waals surface area contributed by atoms with E-state index in [-0.39, 0.29) is 18.8 Å². The summed E-state index contributed by atoms with van der Waals surface area (Å²) < 4.78 is 27.3. The van der Waals surface area contributed by atoms with Crippen molar-refractivity contribution in [1.29, 1.82) is 0 Å². The maximum absolute atomic E-state index is 14.0. The SMILES string of the molecule is Cc1cnc([C@@H](C)NC(=O)CN2Cc3cc(F)ccc3NC2=O)c(F)c1. The van der Waals surface area contributed by atoms with E-state index in [0.29, 0.717) is 16.8 Å². The molecule has 2 heterocycles. The van der Waals surface area contributed by atoms with Crippen molar-refractivity contribution >= 4 is 17.6 Å². The summed E-state index contributed by atoms with van der Waals surface area (Å²) in [4.78, 5) is 29.6. The Morgan fingerprint density at radius 3 is 2.88 bits per heavy atom. The van der Waals surface area contributed by atoms with E-state index in [1.807, 2.05) is 0 Å². The van der Waals surface area contributed by atoms with Crippen molar-refractivity contribution in [2.45, 2.75) is 26.4 Å². The number of nitrogens with zero attached hydrogens (tertiary/aromatic N) is 2. The fraction of sp³-hybridized carbons (Fsp3) is 0.278. The second kappa shape index (κ2) is 7.07. The summed E-state index contributed by atoms with van der Waals surface area (Å²) in [6.45, 7) is 3.20. The third-order valence-electron chi connectivity index (χ3n) is 4.09. The highest BCUT2D eigenvalue weighted by molar-refractivity contribution is 5.94. The lowest BCUT2D eigenvalue weighted by molar-refractivity contribution is -0.122. The van der Waals surface area contributed by atoms with Gasteiger partial charge >= 0.3 is 6.03 Å². The Labute approximate surface area is 149 Å². The van der Waals surface area contributed by atoms with E-state index in [1.54, 1.807) is 13.8 Å². The van der Waals surface area contributed by atoms with Crippen LogP contribution in [-0.2, 0) is 11.3 Å². The van der Waals surface area contributed by atoms with Crippen LogP contribution in [0, 0.1) is 18.6 Å². The molecule has 0 radical (unpaired) electrons. The average Bonchev–Trinajstić information content (AvgIpc) is 2.55. The minimum atomic E-state index is -0.652. The molecule has 0 spiro atoms. The number of urea groups is 1. The molecule has 0 aliphatic carbocycles. The van der Waals surface area contributed by atoms with Gasteiger partial charge in [-0.05, 0) is 49.2 Å². The van der Waals surface area contributed by atoms with Crippen molar-refractivity contribution in [3.05, 3.63) is 58.9 Å². The molecule has 0 saturated carbocycles. The zero-order chi connectivity index (χ0) is 18.8. The summed E-state index contributed by atoms with van der Waals surface area (Å²) in [5, 5.41) is 5.23. The van der Waals surface area contributed by atoms with Gasteiger partial charge in [0.15, 0.2) is 0 Å². The predicted octanol–water partition coefficient (Wildman–Crippen LogP) is 2.89. The van der Waals surface area contributed by atoms with E-state index in [0.717, 1.165) is 0 Å². The van der Waals surface area contributed by atoms with Crippen molar-refractivity contribution in [3.8, 4) is 0 Å². The average molecular weight is 360 g/mol. The monoisotopic (exact) mass is 360 g/mol. The summed E-state index contributed by atoms with van der Waals surface area (Å²) in [7, 11) is 0. The Hall–Kier alpha value is -3.03. The Balaban J connectivity index is 1.65. The number of aryl methyl sites for hydroxylation is 1. The molecule has 3 rings (SSSR count). The molecule has 2 aromatic rings. The van der Waals surface area contributed by atoms with Crippen LogP contribution in [0.5, 0.6) is 0 Å². The van der Waals surface area contributed by atoms with Gasteiger partial charge < -0.3 is 15.5 Å². The van der Waals surface area contributed by atoms with Gasteiger partial charge in [-0.3, -0.25) is 9.78 Å². The van der Waals surface area contributed by atoms with Gasteiger partial charge in [-0.25, -0.2) is 13.6 Å². The molecule has 0 unspecified atom stereocenters. The zero-order valence-corrected chi connectivity index (χ0v) is 14.3. The van der Waals surface area contributed by atoms with E-state index in [4.69, 9.17) is 0 Å². The lowest BCUT2D eigenvalue weighted by atomic mass is 10.1. The Morgan fingerprint density at radius 1 is 1.38 bits per heavy atom. The minimum absolute atomic E-state index is 0.109. The third-order valence-corrected chi connectivity index (χ3v) is 4.09. The van der Waals surface area contributed by atoms with Gasteiger partial charge in [0.05, 0.1) is 18.3 Å². The maximum atomic E-state index is 14.0. The first-order valence-corrected chi connectivity index (χ1v) is 8.09.